The van der Waals surface area contributed by atoms with Gasteiger partial charge in [0.1, 0.15) is 30.3 Å². The van der Waals surface area contributed by atoms with Crippen LogP contribution in [0.5, 0.6) is 5.75 Å². The number of carbonyl (C=O) groups excluding carboxylic acids is 1. The molecule has 0 bridgehead atoms. The normalized spacial score (nSPS) is 10.9. The lowest BCUT2D eigenvalue weighted by atomic mass is 10.0. The van der Waals surface area contributed by atoms with E-state index in [1.54, 1.807) is 13.2 Å². The number of hydrogen-bond donors (Lipinski definition) is 2. The molecular weight excluding hydrogens is 409 g/mol. The van der Waals surface area contributed by atoms with Gasteiger partial charge in [-0.2, -0.15) is 0 Å². The predicted molar refractivity (Wildman–Crippen MR) is 115 cm³/mol. The number of ketones is 1. The van der Waals surface area contributed by atoms with Crippen LogP contribution in [0.4, 0.5) is 15.9 Å². The van der Waals surface area contributed by atoms with Gasteiger partial charge in [-0.1, -0.05) is 18.0 Å². The van der Waals surface area contributed by atoms with E-state index in [0.717, 1.165) is 47.9 Å². The fraction of sp³-hybridized carbons (Fsp3) is 0.318. The Labute approximate surface area is 179 Å². The number of nitrogens with zero attached hydrogens (tertiary/aromatic N) is 2. The van der Waals surface area contributed by atoms with E-state index in [0.29, 0.717) is 17.9 Å². The summed E-state index contributed by atoms with van der Waals surface area (Å²) in [5.41, 5.74) is 2.34. The zero-order valence-corrected chi connectivity index (χ0v) is 17.4. The van der Waals surface area contributed by atoms with E-state index in [9.17, 15) is 9.18 Å². The molecule has 8 heteroatoms. The van der Waals surface area contributed by atoms with Gasteiger partial charge in [-0.15, -0.1) is 0 Å². The number of benzene rings is 2. The lowest BCUT2D eigenvalue weighted by molar-refractivity contribution is -0.121. The van der Waals surface area contributed by atoms with Crippen LogP contribution in [-0.4, -0.2) is 34.6 Å². The summed E-state index contributed by atoms with van der Waals surface area (Å²) >= 11 is 5.88. The number of aromatic nitrogens is 2. The van der Waals surface area contributed by atoms with Crippen LogP contribution in [0.15, 0.2) is 36.7 Å². The molecule has 0 unspecified atom stereocenters. The molecule has 3 aromatic rings. The van der Waals surface area contributed by atoms with Gasteiger partial charge in [0.2, 0.25) is 0 Å². The summed E-state index contributed by atoms with van der Waals surface area (Å²) in [6, 6.07) is 8.24. The molecule has 0 atom stereocenters. The Morgan fingerprint density at radius 1 is 1.20 bits per heavy atom. The predicted octanol–water partition coefficient (Wildman–Crippen LogP) is 4.84. The lowest BCUT2D eigenvalue weighted by Gasteiger charge is -2.13. The number of rotatable bonds is 10. The van der Waals surface area contributed by atoms with Crippen LogP contribution in [0.2, 0.25) is 5.02 Å². The monoisotopic (exact) mass is 431 g/mol. The number of anilines is 2. The summed E-state index contributed by atoms with van der Waals surface area (Å²) in [6.45, 7) is -0.395. The highest BCUT2D eigenvalue weighted by atomic mass is 35.5. The van der Waals surface area contributed by atoms with Crippen molar-refractivity contribution in [1.29, 1.82) is 0 Å². The topological polar surface area (TPSA) is 84.3 Å². The first-order valence-corrected chi connectivity index (χ1v) is 10.1. The second kappa shape index (κ2) is 10.3. The number of Topliss-reactive ketones (excluding diaryl/α,β-unsaturated/α-hetero) is 1. The molecule has 0 fully saturated rings. The van der Waals surface area contributed by atoms with Crippen molar-refractivity contribution in [3.05, 3.63) is 53.1 Å². The van der Waals surface area contributed by atoms with Crippen LogP contribution in [0, 0.1) is 5.82 Å². The first-order valence-electron chi connectivity index (χ1n) is 9.68. The SMILES string of the molecule is COc1cc2ncnc(Nc3ccc(F)c(Cl)c3)c2cc1CCCCCC(=O)CO. The van der Waals surface area contributed by atoms with E-state index in [1.165, 1.54) is 18.5 Å². The third kappa shape index (κ3) is 5.43. The maximum absolute atomic E-state index is 13.4. The minimum atomic E-state index is -0.484. The third-order valence-electron chi connectivity index (χ3n) is 4.80. The van der Waals surface area contributed by atoms with Crippen LogP contribution in [0.1, 0.15) is 31.2 Å². The summed E-state index contributed by atoms with van der Waals surface area (Å²) in [5.74, 6) is 0.707. The van der Waals surface area contributed by atoms with Gasteiger partial charge in [0.25, 0.3) is 0 Å². The summed E-state index contributed by atoms with van der Waals surface area (Å²) in [7, 11) is 1.62. The van der Waals surface area contributed by atoms with Gasteiger partial charge in [0.15, 0.2) is 5.78 Å². The van der Waals surface area contributed by atoms with Gasteiger partial charge in [-0.3, -0.25) is 4.79 Å². The molecule has 0 aliphatic rings. The summed E-state index contributed by atoms with van der Waals surface area (Å²) in [5, 5.41) is 12.8. The first-order chi connectivity index (χ1) is 14.5. The molecule has 30 heavy (non-hydrogen) atoms. The molecule has 0 aliphatic heterocycles. The van der Waals surface area contributed by atoms with Gasteiger partial charge in [-0.05, 0) is 49.1 Å². The van der Waals surface area contributed by atoms with Crippen LogP contribution < -0.4 is 10.1 Å². The van der Waals surface area contributed by atoms with Gasteiger partial charge >= 0.3 is 0 Å². The van der Waals surface area contributed by atoms with E-state index in [-0.39, 0.29) is 10.8 Å². The van der Waals surface area contributed by atoms with Crippen molar-refractivity contribution < 1.29 is 19.0 Å². The maximum atomic E-state index is 13.4. The minimum Gasteiger partial charge on any atom is -0.496 e. The molecule has 158 valence electrons. The Hall–Kier alpha value is -2.77. The number of aliphatic hydroxyl groups excluding tert-OH is 1. The van der Waals surface area contributed by atoms with E-state index in [4.69, 9.17) is 21.4 Å². The molecule has 1 heterocycles. The van der Waals surface area contributed by atoms with Crippen molar-refractivity contribution in [1.82, 2.24) is 9.97 Å². The fourth-order valence-electron chi connectivity index (χ4n) is 3.22. The van der Waals surface area contributed by atoms with Gasteiger partial charge < -0.3 is 15.2 Å². The molecular formula is C22H23ClFN3O3. The molecule has 0 amide bonds. The van der Waals surface area contributed by atoms with Crippen molar-refractivity contribution in [3.63, 3.8) is 0 Å². The average Bonchev–Trinajstić information content (AvgIpc) is 2.75. The number of nitrogens with one attached hydrogen (secondary N) is 1. The molecule has 0 radical (unpaired) electrons. The van der Waals surface area contributed by atoms with Gasteiger partial charge in [-0.25, -0.2) is 14.4 Å². The van der Waals surface area contributed by atoms with Crippen LogP contribution >= 0.6 is 11.6 Å². The van der Waals surface area contributed by atoms with Crippen molar-refractivity contribution in [2.24, 2.45) is 0 Å². The number of aliphatic hydroxyl groups is 1. The van der Waals surface area contributed by atoms with Crippen molar-refractivity contribution in [3.8, 4) is 5.75 Å². The van der Waals surface area contributed by atoms with E-state index < -0.39 is 12.4 Å². The van der Waals surface area contributed by atoms with E-state index in [1.807, 2.05) is 12.1 Å². The van der Waals surface area contributed by atoms with Crippen LogP contribution in [0.3, 0.4) is 0 Å². The molecule has 2 N–H and O–H groups in total. The van der Waals surface area contributed by atoms with Crippen LogP contribution in [0.25, 0.3) is 10.9 Å². The molecule has 3 rings (SSSR count). The molecule has 0 saturated carbocycles. The molecule has 0 spiro atoms. The Morgan fingerprint density at radius 3 is 2.77 bits per heavy atom. The maximum Gasteiger partial charge on any atom is 0.158 e. The number of aryl methyl sites for hydroxylation is 1. The van der Waals surface area contributed by atoms with E-state index in [2.05, 4.69) is 15.3 Å². The smallest absolute Gasteiger partial charge is 0.158 e. The zero-order valence-electron chi connectivity index (χ0n) is 16.6. The number of halogens is 2. The fourth-order valence-corrected chi connectivity index (χ4v) is 3.40. The highest BCUT2D eigenvalue weighted by Gasteiger charge is 2.12. The summed E-state index contributed by atoms with van der Waals surface area (Å²) in [6.07, 6.45) is 5.11. The Balaban J connectivity index is 1.80. The number of ether oxygens (including phenoxy) is 1. The van der Waals surface area contributed by atoms with Gasteiger partial charge in [0, 0.05) is 23.6 Å². The molecule has 2 aromatic carbocycles. The molecule has 6 nitrogen and oxygen atoms in total. The molecule has 1 aromatic heterocycles. The van der Waals surface area contributed by atoms with Crippen molar-refractivity contribution in [2.45, 2.75) is 32.1 Å². The minimum absolute atomic E-state index is 0.0281. The molecule has 0 saturated heterocycles. The summed E-state index contributed by atoms with van der Waals surface area (Å²) < 4.78 is 19.0. The number of hydrogen-bond acceptors (Lipinski definition) is 6. The van der Waals surface area contributed by atoms with Crippen molar-refractivity contribution in [2.75, 3.05) is 19.0 Å². The zero-order chi connectivity index (χ0) is 21.5. The lowest BCUT2D eigenvalue weighted by Crippen LogP contribution is -2.03. The Morgan fingerprint density at radius 2 is 2.03 bits per heavy atom. The Bertz CT molecular complexity index is 1050. The van der Waals surface area contributed by atoms with Gasteiger partial charge in [0.05, 0.1) is 17.6 Å². The highest BCUT2D eigenvalue weighted by Crippen LogP contribution is 2.31. The first kappa shape index (κ1) is 21.9. The Kier molecular flexibility index (Phi) is 7.54. The number of carbonyl (C=O) groups is 1. The van der Waals surface area contributed by atoms with Crippen molar-refractivity contribution >= 4 is 39.8 Å². The second-order valence-corrected chi connectivity index (χ2v) is 7.32. The number of methoxy groups -OCH3 is 1. The third-order valence-corrected chi connectivity index (χ3v) is 5.09. The standard InChI is InChI=1S/C22H23ClFN3O3/c1-30-21-11-20-17(9-14(21)5-3-2-4-6-16(29)12-28)22(26-13-25-20)27-15-7-8-19(24)18(23)10-15/h7-11,13,28H,2-6,12H2,1H3,(H,25,26,27). The molecule has 0 aliphatic carbocycles. The number of fused-ring (bicyclic) bond motifs is 1. The van der Waals surface area contributed by atoms with Crippen LogP contribution in [-0.2, 0) is 11.2 Å². The quantitative estimate of drug-likeness (QED) is 0.447. The largest absolute Gasteiger partial charge is 0.496 e. The summed E-state index contributed by atoms with van der Waals surface area (Å²) in [4.78, 5) is 19.9. The second-order valence-electron chi connectivity index (χ2n) is 6.91. The average molecular weight is 432 g/mol. The highest BCUT2D eigenvalue weighted by molar-refractivity contribution is 6.31. The number of unbranched alkanes of at least 4 members (excludes halogenated alkanes) is 2. The van der Waals surface area contributed by atoms with E-state index >= 15 is 0 Å².